The fourth-order valence-electron chi connectivity index (χ4n) is 2.57. The zero-order valence-corrected chi connectivity index (χ0v) is 19.8. The van der Waals surface area contributed by atoms with Crippen LogP contribution in [0.3, 0.4) is 0 Å². The SMILES string of the molecule is COCCC[CH]CS(=O)(=O)c1cccc(C(=O)NCCOCCOCCOCCN=[N+]=[N-])c1. The van der Waals surface area contributed by atoms with Crippen molar-refractivity contribution in [2.45, 2.75) is 17.7 Å². The number of nitrogens with zero attached hydrogens (tertiary/aromatic N) is 3. The van der Waals surface area contributed by atoms with Crippen LogP contribution in [-0.2, 0) is 28.8 Å². The van der Waals surface area contributed by atoms with E-state index in [4.69, 9.17) is 24.5 Å². The first-order chi connectivity index (χ1) is 16.0. The van der Waals surface area contributed by atoms with Crippen LogP contribution in [0.2, 0.25) is 0 Å². The second-order valence-electron chi connectivity index (χ2n) is 6.78. The van der Waals surface area contributed by atoms with Crippen LogP contribution < -0.4 is 5.32 Å². The van der Waals surface area contributed by atoms with Gasteiger partial charge in [-0.05, 0) is 43.0 Å². The van der Waals surface area contributed by atoms with Crippen molar-refractivity contribution in [1.29, 1.82) is 0 Å². The maximum atomic E-state index is 12.5. The molecule has 33 heavy (non-hydrogen) atoms. The average Bonchev–Trinajstić information content (AvgIpc) is 2.82. The summed E-state index contributed by atoms with van der Waals surface area (Å²) in [4.78, 5) is 15.0. The van der Waals surface area contributed by atoms with Crippen molar-refractivity contribution in [3.05, 3.63) is 46.7 Å². The Labute approximate surface area is 195 Å². The summed E-state index contributed by atoms with van der Waals surface area (Å²) in [5.74, 6) is -0.451. The second-order valence-corrected chi connectivity index (χ2v) is 8.81. The van der Waals surface area contributed by atoms with Gasteiger partial charge in [-0.2, -0.15) is 0 Å². The molecule has 0 fully saturated rings. The van der Waals surface area contributed by atoms with E-state index in [9.17, 15) is 13.2 Å². The zero-order valence-electron chi connectivity index (χ0n) is 19.0. The van der Waals surface area contributed by atoms with Gasteiger partial charge in [-0.3, -0.25) is 4.79 Å². The lowest BCUT2D eigenvalue weighted by Gasteiger charge is -2.09. The molecule has 1 rings (SSSR count). The Hall–Kier alpha value is -2.21. The molecule has 1 aromatic carbocycles. The van der Waals surface area contributed by atoms with E-state index in [2.05, 4.69) is 15.3 Å². The summed E-state index contributed by atoms with van der Waals surface area (Å²) in [5, 5.41) is 6.05. The van der Waals surface area contributed by atoms with Gasteiger partial charge >= 0.3 is 0 Å². The molecular formula is C21H33N4O7S. The molecule has 11 nitrogen and oxygen atoms in total. The Morgan fingerprint density at radius 1 is 1.09 bits per heavy atom. The molecule has 0 saturated carbocycles. The normalized spacial score (nSPS) is 11.2. The molecule has 0 unspecified atom stereocenters. The summed E-state index contributed by atoms with van der Waals surface area (Å²) in [7, 11) is -1.89. The molecule has 0 atom stereocenters. The lowest BCUT2D eigenvalue weighted by Crippen LogP contribution is -2.27. The second kappa shape index (κ2) is 18.2. The summed E-state index contributed by atoms with van der Waals surface area (Å²) < 4.78 is 45.8. The highest BCUT2D eigenvalue weighted by molar-refractivity contribution is 7.91. The molecule has 0 aliphatic carbocycles. The van der Waals surface area contributed by atoms with E-state index in [1.807, 2.05) is 0 Å². The Morgan fingerprint density at radius 3 is 2.48 bits per heavy atom. The van der Waals surface area contributed by atoms with Gasteiger partial charge in [0, 0.05) is 37.3 Å². The minimum absolute atomic E-state index is 0.0838. The predicted octanol–water partition coefficient (Wildman–Crippen LogP) is 2.18. The summed E-state index contributed by atoms with van der Waals surface area (Å²) in [6, 6.07) is 6.00. The highest BCUT2D eigenvalue weighted by Crippen LogP contribution is 2.15. The van der Waals surface area contributed by atoms with Gasteiger partial charge in [0.05, 0.1) is 50.3 Å². The van der Waals surface area contributed by atoms with Gasteiger partial charge in [0.1, 0.15) is 0 Å². The van der Waals surface area contributed by atoms with E-state index in [0.717, 1.165) is 6.42 Å². The first kappa shape index (κ1) is 28.8. The predicted molar refractivity (Wildman–Crippen MR) is 123 cm³/mol. The van der Waals surface area contributed by atoms with Gasteiger partial charge in [-0.1, -0.05) is 11.2 Å². The number of unbranched alkanes of at least 4 members (excludes halogenated alkanes) is 2. The molecule has 1 N–H and O–H groups in total. The molecule has 12 heteroatoms. The standard InChI is InChI=1S/C21H33N4O7S/c1-29-10-3-2-4-17-33(27,28)20-7-5-6-19(18-20)21(26)23-8-11-30-13-15-32-16-14-31-12-9-24-25-22/h4-7,18H,2-3,8-17H2,1H3,(H,23,26). The Bertz CT molecular complexity index is 830. The molecule has 0 aromatic heterocycles. The number of methoxy groups -OCH3 is 1. The molecular weight excluding hydrogens is 452 g/mol. The number of sulfone groups is 1. The summed E-state index contributed by atoms with van der Waals surface area (Å²) in [6.07, 6.45) is 3.11. The third-order valence-electron chi connectivity index (χ3n) is 4.22. The Morgan fingerprint density at radius 2 is 1.79 bits per heavy atom. The highest BCUT2D eigenvalue weighted by atomic mass is 32.2. The summed E-state index contributed by atoms with van der Waals surface area (Å²) in [6.45, 7) is 3.36. The summed E-state index contributed by atoms with van der Waals surface area (Å²) >= 11 is 0. The van der Waals surface area contributed by atoms with E-state index < -0.39 is 9.84 Å². The Kier molecular flexibility index (Phi) is 15.9. The molecule has 0 heterocycles. The molecule has 0 bridgehead atoms. The van der Waals surface area contributed by atoms with Gasteiger partial charge in [-0.15, -0.1) is 0 Å². The van der Waals surface area contributed by atoms with Crippen LogP contribution in [0.4, 0.5) is 0 Å². The monoisotopic (exact) mass is 485 g/mol. The number of rotatable bonds is 20. The zero-order chi connectivity index (χ0) is 24.2. The molecule has 1 amide bonds. The molecule has 0 spiro atoms. The van der Waals surface area contributed by atoms with Gasteiger partial charge in [0.25, 0.3) is 5.91 Å². The summed E-state index contributed by atoms with van der Waals surface area (Å²) in [5.41, 5.74) is 8.39. The number of benzene rings is 1. The van der Waals surface area contributed by atoms with Gasteiger partial charge in [-0.25, -0.2) is 8.42 Å². The largest absolute Gasteiger partial charge is 0.385 e. The van der Waals surface area contributed by atoms with Crippen LogP contribution in [0.15, 0.2) is 34.3 Å². The maximum absolute atomic E-state index is 12.5. The number of hydrogen-bond acceptors (Lipinski definition) is 8. The van der Waals surface area contributed by atoms with Crippen LogP contribution >= 0.6 is 0 Å². The molecule has 185 valence electrons. The van der Waals surface area contributed by atoms with Crippen molar-refractivity contribution in [3.8, 4) is 0 Å². The molecule has 0 aliphatic rings. The lowest BCUT2D eigenvalue weighted by molar-refractivity contribution is 0.0166. The number of carbonyl (C=O) groups is 1. The Balaban J connectivity index is 2.21. The van der Waals surface area contributed by atoms with Crippen LogP contribution in [0.1, 0.15) is 23.2 Å². The molecule has 0 saturated heterocycles. The highest BCUT2D eigenvalue weighted by Gasteiger charge is 2.16. The minimum atomic E-state index is -3.49. The number of nitrogens with one attached hydrogen (secondary N) is 1. The number of azide groups is 1. The maximum Gasteiger partial charge on any atom is 0.251 e. The number of amides is 1. The topological polar surface area (TPSA) is 149 Å². The fraction of sp³-hybridized carbons (Fsp3) is 0.619. The van der Waals surface area contributed by atoms with Gasteiger partial charge in [0.2, 0.25) is 0 Å². The fourth-order valence-corrected chi connectivity index (χ4v) is 3.83. The van der Waals surface area contributed by atoms with E-state index >= 15 is 0 Å². The third-order valence-corrected chi connectivity index (χ3v) is 5.87. The average molecular weight is 486 g/mol. The van der Waals surface area contributed by atoms with Crippen LogP contribution in [0, 0.1) is 6.42 Å². The van der Waals surface area contributed by atoms with Gasteiger partial charge < -0.3 is 24.3 Å². The number of carbonyl (C=O) groups excluding carboxylic acids is 1. The van der Waals surface area contributed by atoms with Crippen LogP contribution in [-0.4, -0.2) is 86.5 Å². The van der Waals surface area contributed by atoms with E-state index in [-0.39, 0.29) is 28.7 Å². The molecule has 1 aromatic rings. The van der Waals surface area contributed by atoms with Gasteiger partial charge in [0.15, 0.2) is 9.84 Å². The van der Waals surface area contributed by atoms with E-state index in [1.54, 1.807) is 25.7 Å². The van der Waals surface area contributed by atoms with Crippen LogP contribution in [0.5, 0.6) is 0 Å². The van der Waals surface area contributed by atoms with E-state index in [0.29, 0.717) is 59.2 Å². The van der Waals surface area contributed by atoms with Crippen molar-refractivity contribution in [2.24, 2.45) is 5.11 Å². The van der Waals surface area contributed by atoms with Crippen molar-refractivity contribution >= 4 is 15.7 Å². The third kappa shape index (κ3) is 13.8. The van der Waals surface area contributed by atoms with Crippen molar-refractivity contribution < 1.29 is 32.2 Å². The quantitative estimate of drug-likeness (QED) is 0.129. The minimum Gasteiger partial charge on any atom is -0.385 e. The lowest BCUT2D eigenvalue weighted by atomic mass is 10.2. The first-order valence-corrected chi connectivity index (χ1v) is 12.3. The molecule has 0 aliphatic heterocycles. The number of hydrogen-bond donors (Lipinski definition) is 1. The smallest absolute Gasteiger partial charge is 0.251 e. The van der Waals surface area contributed by atoms with Crippen molar-refractivity contribution in [2.75, 3.05) is 72.2 Å². The molecule has 1 radical (unpaired) electrons. The van der Waals surface area contributed by atoms with Crippen molar-refractivity contribution in [3.63, 3.8) is 0 Å². The first-order valence-electron chi connectivity index (χ1n) is 10.7. The van der Waals surface area contributed by atoms with Crippen LogP contribution in [0.25, 0.3) is 10.4 Å². The van der Waals surface area contributed by atoms with E-state index in [1.165, 1.54) is 12.1 Å². The van der Waals surface area contributed by atoms with Crippen molar-refractivity contribution in [1.82, 2.24) is 5.32 Å². The number of ether oxygens (including phenoxy) is 4.